The van der Waals surface area contributed by atoms with E-state index >= 15 is 0 Å². The van der Waals surface area contributed by atoms with Crippen molar-refractivity contribution in [3.05, 3.63) is 44.0 Å². The van der Waals surface area contributed by atoms with Crippen molar-refractivity contribution in [1.82, 2.24) is 0 Å². The summed E-state index contributed by atoms with van der Waals surface area (Å²) in [4.78, 5) is 19.4. The van der Waals surface area contributed by atoms with Crippen LogP contribution in [0.25, 0.3) is 0 Å². The maximum absolute atomic E-state index is 10.4. The Bertz CT molecular complexity index is 358. The molecule has 0 unspecified atom stereocenters. The summed E-state index contributed by atoms with van der Waals surface area (Å²) in [6.45, 7) is 0.0303. The number of benzene rings is 1. The molecule has 0 aliphatic carbocycles. The fourth-order valence-corrected chi connectivity index (χ4v) is 0.985. The molecule has 7 nitrogen and oxygen atoms in total. The second-order valence-corrected chi connectivity index (χ2v) is 2.58. The summed E-state index contributed by atoms with van der Waals surface area (Å²) in [5, 5.41) is 20.8. The predicted molar refractivity (Wildman–Crippen MR) is 47.6 cm³/mol. The lowest BCUT2D eigenvalue weighted by Gasteiger charge is -1.97. The standard InChI is InChI=1S/C7H7N3O4/c8-4-5-1-6(9(11)12)3-7(2-5)10(13)14/h1-3H,4,8H2. The van der Waals surface area contributed by atoms with Gasteiger partial charge in [0.15, 0.2) is 0 Å². The van der Waals surface area contributed by atoms with Crippen LogP contribution in [0.3, 0.4) is 0 Å². The molecular weight excluding hydrogens is 190 g/mol. The lowest BCUT2D eigenvalue weighted by Crippen LogP contribution is -2.00. The van der Waals surface area contributed by atoms with Gasteiger partial charge in [-0.25, -0.2) is 0 Å². The minimum atomic E-state index is -0.688. The topological polar surface area (TPSA) is 112 Å². The van der Waals surface area contributed by atoms with E-state index in [0.29, 0.717) is 5.56 Å². The Morgan fingerprint density at radius 1 is 1.07 bits per heavy atom. The molecule has 0 radical (unpaired) electrons. The number of nitro groups is 2. The molecule has 1 aromatic rings. The van der Waals surface area contributed by atoms with Gasteiger partial charge in [-0.1, -0.05) is 0 Å². The molecule has 0 amide bonds. The van der Waals surface area contributed by atoms with Crippen LogP contribution in [0.15, 0.2) is 18.2 Å². The van der Waals surface area contributed by atoms with Gasteiger partial charge in [0.2, 0.25) is 0 Å². The van der Waals surface area contributed by atoms with E-state index in [9.17, 15) is 20.2 Å². The minimum absolute atomic E-state index is 0.0303. The molecule has 0 aliphatic heterocycles. The molecule has 1 aromatic carbocycles. The average Bonchev–Trinajstić information content (AvgIpc) is 2.16. The van der Waals surface area contributed by atoms with Crippen molar-refractivity contribution in [2.75, 3.05) is 0 Å². The highest BCUT2D eigenvalue weighted by molar-refractivity contribution is 5.46. The quantitative estimate of drug-likeness (QED) is 0.572. The zero-order valence-corrected chi connectivity index (χ0v) is 7.04. The highest BCUT2D eigenvalue weighted by atomic mass is 16.6. The Balaban J connectivity index is 3.27. The van der Waals surface area contributed by atoms with E-state index in [4.69, 9.17) is 5.73 Å². The first kappa shape index (κ1) is 10.1. The molecule has 74 valence electrons. The Morgan fingerprint density at radius 3 is 1.79 bits per heavy atom. The van der Waals surface area contributed by atoms with E-state index in [1.807, 2.05) is 0 Å². The summed E-state index contributed by atoms with van der Waals surface area (Å²) < 4.78 is 0. The van der Waals surface area contributed by atoms with Gasteiger partial charge in [-0.3, -0.25) is 20.2 Å². The van der Waals surface area contributed by atoms with Crippen LogP contribution in [0.2, 0.25) is 0 Å². The maximum atomic E-state index is 10.4. The monoisotopic (exact) mass is 197 g/mol. The lowest BCUT2D eigenvalue weighted by atomic mass is 10.2. The van der Waals surface area contributed by atoms with Crippen LogP contribution in [0.1, 0.15) is 5.56 Å². The SMILES string of the molecule is NCc1cc([N+](=O)[O-])cc([N+](=O)[O-])c1. The van der Waals surface area contributed by atoms with Crippen molar-refractivity contribution >= 4 is 11.4 Å². The van der Waals surface area contributed by atoms with Gasteiger partial charge in [-0.15, -0.1) is 0 Å². The van der Waals surface area contributed by atoms with Gasteiger partial charge in [0.25, 0.3) is 11.4 Å². The third-order valence-electron chi connectivity index (χ3n) is 1.62. The fourth-order valence-electron chi connectivity index (χ4n) is 0.985. The first-order valence-corrected chi connectivity index (χ1v) is 3.67. The van der Waals surface area contributed by atoms with Gasteiger partial charge < -0.3 is 5.73 Å². The Kier molecular flexibility index (Phi) is 2.73. The number of hydrogen-bond acceptors (Lipinski definition) is 5. The van der Waals surface area contributed by atoms with Crippen LogP contribution < -0.4 is 5.73 Å². The van der Waals surface area contributed by atoms with Crippen molar-refractivity contribution in [2.24, 2.45) is 5.73 Å². The van der Waals surface area contributed by atoms with Crippen LogP contribution >= 0.6 is 0 Å². The van der Waals surface area contributed by atoms with Gasteiger partial charge in [-0.05, 0) is 5.56 Å². The zero-order chi connectivity index (χ0) is 10.7. The summed E-state index contributed by atoms with van der Waals surface area (Å²) in [5.74, 6) is 0. The molecular formula is C7H7N3O4. The molecule has 0 saturated carbocycles. The van der Waals surface area contributed by atoms with Crippen LogP contribution in [0.5, 0.6) is 0 Å². The molecule has 0 aliphatic rings. The molecule has 1 rings (SSSR count). The Morgan fingerprint density at radius 2 is 1.50 bits per heavy atom. The number of nitrogens with two attached hydrogens (primary N) is 1. The third kappa shape index (κ3) is 2.02. The molecule has 0 saturated heterocycles. The third-order valence-corrected chi connectivity index (χ3v) is 1.62. The molecule has 7 heteroatoms. The summed E-state index contributed by atoms with van der Waals surface area (Å²) in [5.41, 5.74) is 4.97. The van der Waals surface area contributed by atoms with Crippen molar-refractivity contribution in [2.45, 2.75) is 6.54 Å². The molecule has 14 heavy (non-hydrogen) atoms. The minimum Gasteiger partial charge on any atom is -0.326 e. The van der Waals surface area contributed by atoms with Gasteiger partial charge >= 0.3 is 0 Å². The molecule has 0 bridgehead atoms. The largest absolute Gasteiger partial charge is 0.326 e. The molecule has 0 atom stereocenters. The van der Waals surface area contributed by atoms with Gasteiger partial charge in [0, 0.05) is 18.7 Å². The zero-order valence-electron chi connectivity index (χ0n) is 7.04. The second kappa shape index (κ2) is 3.79. The van der Waals surface area contributed by atoms with Crippen molar-refractivity contribution in [3.8, 4) is 0 Å². The molecule has 0 spiro atoms. The van der Waals surface area contributed by atoms with E-state index in [0.717, 1.165) is 6.07 Å². The highest BCUT2D eigenvalue weighted by Gasteiger charge is 2.15. The van der Waals surface area contributed by atoms with Gasteiger partial charge in [0.1, 0.15) is 0 Å². The maximum Gasteiger partial charge on any atom is 0.276 e. The fraction of sp³-hybridized carbons (Fsp3) is 0.143. The molecule has 0 heterocycles. The van der Waals surface area contributed by atoms with Gasteiger partial charge in [-0.2, -0.15) is 0 Å². The summed E-state index contributed by atoms with van der Waals surface area (Å²) in [6.07, 6.45) is 0. The van der Waals surface area contributed by atoms with E-state index < -0.39 is 9.85 Å². The molecule has 2 N–H and O–H groups in total. The molecule has 0 aromatic heterocycles. The van der Waals surface area contributed by atoms with E-state index in [2.05, 4.69) is 0 Å². The van der Waals surface area contributed by atoms with Crippen LogP contribution in [0, 0.1) is 20.2 Å². The van der Waals surface area contributed by atoms with E-state index in [1.165, 1.54) is 12.1 Å². The normalized spacial score (nSPS) is 9.79. The number of nitrogens with zero attached hydrogens (tertiary/aromatic N) is 2. The van der Waals surface area contributed by atoms with Gasteiger partial charge in [0.05, 0.1) is 15.9 Å². The lowest BCUT2D eigenvalue weighted by molar-refractivity contribution is -0.394. The average molecular weight is 197 g/mol. The Hall–Kier alpha value is -2.02. The van der Waals surface area contributed by atoms with Crippen LogP contribution in [0.4, 0.5) is 11.4 Å². The highest BCUT2D eigenvalue weighted by Crippen LogP contribution is 2.22. The van der Waals surface area contributed by atoms with Crippen molar-refractivity contribution in [3.63, 3.8) is 0 Å². The van der Waals surface area contributed by atoms with Crippen LogP contribution in [-0.4, -0.2) is 9.85 Å². The first-order valence-electron chi connectivity index (χ1n) is 3.67. The van der Waals surface area contributed by atoms with E-state index in [1.54, 1.807) is 0 Å². The first-order chi connectivity index (χ1) is 6.54. The number of rotatable bonds is 3. The summed E-state index contributed by atoms with van der Waals surface area (Å²) >= 11 is 0. The number of nitro benzene ring substituents is 2. The number of non-ortho nitro benzene ring substituents is 2. The summed E-state index contributed by atoms with van der Waals surface area (Å²) in [6, 6.07) is 3.33. The van der Waals surface area contributed by atoms with Crippen molar-refractivity contribution < 1.29 is 9.85 Å². The smallest absolute Gasteiger partial charge is 0.276 e. The predicted octanol–water partition coefficient (Wildman–Crippen LogP) is 0.962. The van der Waals surface area contributed by atoms with Crippen LogP contribution in [-0.2, 0) is 6.54 Å². The Labute approximate surface area is 78.4 Å². The molecule has 0 fully saturated rings. The van der Waals surface area contributed by atoms with E-state index in [-0.39, 0.29) is 17.9 Å². The van der Waals surface area contributed by atoms with Crippen molar-refractivity contribution in [1.29, 1.82) is 0 Å². The number of hydrogen-bond donors (Lipinski definition) is 1. The second-order valence-electron chi connectivity index (χ2n) is 2.58. The summed E-state index contributed by atoms with van der Waals surface area (Å²) in [7, 11) is 0.